The first kappa shape index (κ1) is 32.4. The summed E-state index contributed by atoms with van der Waals surface area (Å²) in [5.41, 5.74) is 0. The van der Waals surface area contributed by atoms with Crippen LogP contribution < -0.4 is 10.6 Å². The lowest BCUT2D eigenvalue weighted by atomic mass is 10.1. The number of rotatable bonds is 22. The lowest BCUT2D eigenvalue weighted by Gasteiger charge is -2.14. The van der Waals surface area contributed by atoms with Gasteiger partial charge in [-0.15, -0.1) is 0 Å². The van der Waals surface area contributed by atoms with Gasteiger partial charge >= 0.3 is 5.97 Å². The standard InChI is InChI=1S/C27H53N3O4/c1-5-7-8-9-10-11-12-13-14-15-16-17-21-34-22-24(6-2)25(31)30-27(28-4)29-20-18-19-23(3)26(32)33/h23-24H,5-22H2,1-4H3,(H,32,33)(H2,28,29,30,31)/t23-,24?/m0/s1. The summed E-state index contributed by atoms with van der Waals surface area (Å²) >= 11 is 0. The molecule has 0 rings (SSSR count). The van der Waals surface area contributed by atoms with Crippen LogP contribution in [-0.4, -0.2) is 49.7 Å². The molecule has 0 saturated heterocycles. The number of nitrogens with zero attached hydrogens (tertiary/aromatic N) is 1. The minimum atomic E-state index is -0.785. The van der Waals surface area contributed by atoms with E-state index in [0.717, 1.165) is 6.42 Å². The molecule has 0 saturated carbocycles. The summed E-state index contributed by atoms with van der Waals surface area (Å²) in [5.74, 6) is -1.16. The van der Waals surface area contributed by atoms with E-state index in [1.807, 2.05) is 6.92 Å². The number of carbonyl (C=O) groups is 2. The minimum absolute atomic E-state index is 0.187. The van der Waals surface area contributed by atoms with Crippen LogP contribution in [0.15, 0.2) is 4.99 Å². The quantitative estimate of drug-likeness (QED) is 0.100. The highest BCUT2D eigenvalue weighted by Gasteiger charge is 2.17. The number of aliphatic carboxylic acids is 1. The second-order valence-electron chi connectivity index (χ2n) is 9.43. The number of carboxylic acids is 1. The van der Waals surface area contributed by atoms with Gasteiger partial charge in [-0.1, -0.05) is 91.4 Å². The number of hydrogen-bond donors (Lipinski definition) is 3. The number of amides is 1. The molecule has 0 spiro atoms. The molecule has 3 N–H and O–H groups in total. The molecule has 2 atom stereocenters. The largest absolute Gasteiger partial charge is 0.481 e. The van der Waals surface area contributed by atoms with E-state index in [1.165, 1.54) is 70.6 Å². The monoisotopic (exact) mass is 483 g/mol. The van der Waals surface area contributed by atoms with Gasteiger partial charge in [0.25, 0.3) is 5.91 Å². The normalized spacial score (nSPS) is 13.5. The summed E-state index contributed by atoms with van der Waals surface area (Å²) < 4.78 is 5.78. The molecule has 0 fully saturated rings. The van der Waals surface area contributed by atoms with Crippen molar-refractivity contribution >= 4 is 17.8 Å². The van der Waals surface area contributed by atoms with Crippen LogP contribution in [-0.2, 0) is 14.3 Å². The maximum Gasteiger partial charge on any atom is 0.306 e. The number of aliphatic imine (C=N–C) groups is 1. The molecule has 34 heavy (non-hydrogen) atoms. The van der Waals surface area contributed by atoms with E-state index in [9.17, 15) is 9.59 Å². The molecule has 1 amide bonds. The van der Waals surface area contributed by atoms with Gasteiger partial charge in [0.1, 0.15) is 0 Å². The predicted molar refractivity (Wildman–Crippen MR) is 141 cm³/mol. The zero-order chi connectivity index (χ0) is 25.4. The van der Waals surface area contributed by atoms with Crippen LogP contribution in [0.1, 0.15) is 117 Å². The topological polar surface area (TPSA) is 100 Å². The Kier molecular flexibility index (Phi) is 22.0. The average molecular weight is 484 g/mol. The summed E-state index contributed by atoms with van der Waals surface area (Å²) in [6.45, 7) is 7.61. The Labute approximate surface area is 208 Å². The number of hydrogen-bond acceptors (Lipinski definition) is 3. The molecule has 0 aromatic carbocycles. The zero-order valence-corrected chi connectivity index (χ0v) is 22.5. The molecule has 0 radical (unpaired) electrons. The number of ether oxygens (including phenoxy) is 1. The first-order valence-corrected chi connectivity index (χ1v) is 13.8. The average Bonchev–Trinajstić information content (AvgIpc) is 2.83. The van der Waals surface area contributed by atoms with E-state index in [2.05, 4.69) is 22.5 Å². The Morgan fingerprint density at radius 2 is 1.44 bits per heavy atom. The highest BCUT2D eigenvalue weighted by Crippen LogP contribution is 2.12. The van der Waals surface area contributed by atoms with Crippen molar-refractivity contribution in [2.45, 2.75) is 117 Å². The van der Waals surface area contributed by atoms with Crippen LogP contribution >= 0.6 is 0 Å². The van der Waals surface area contributed by atoms with Crippen LogP contribution in [0, 0.1) is 11.8 Å². The molecule has 0 aliphatic rings. The van der Waals surface area contributed by atoms with E-state index >= 15 is 0 Å². The molecule has 0 heterocycles. The van der Waals surface area contributed by atoms with Crippen molar-refractivity contribution in [1.29, 1.82) is 0 Å². The Balaban J connectivity index is 3.88. The number of guanidine groups is 1. The molecule has 0 aliphatic carbocycles. The Morgan fingerprint density at radius 3 is 1.94 bits per heavy atom. The summed E-state index contributed by atoms with van der Waals surface area (Å²) in [6.07, 6.45) is 17.8. The predicted octanol–water partition coefficient (Wildman–Crippen LogP) is 5.92. The van der Waals surface area contributed by atoms with Gasteiger partial charge in [0.15, 0.2) is 5.96 Å². The van der Waals surface area contributed by atoms with Crippen molar-refractivity contribution in [1.82, 2.24) is 10.6 Å². The van der Waals surface area contributed by atoms with Crippen LogP contribution in [0.2, 0.25) is 0 Å². The lowest BCUT2D eigenvalue weighted by molar-refractivity contribution is -0.141. The van der Waals surface area contributed by atoms with Crippen molar-refractivity contribution in [3.05, 3.63) is 0 Å². The number of unbranched alkanes of at least 4 members (excludes halogenated alkanes) is 11. The molecule has 7 heteroatoms. The second kappa shape index (κ2) is 23.1. The van der Waals surface area contributed by atoms with Crippen LogP contribution in [0.3, 0.4) is 0 Å². The fraction of sp³-hybridized carbons (Fsp3) is 0.889. The van der Waals surface area contributed by atoms with Gasteiger partial charge in [-0.2, -0.15) is 4.99 Å². The third kappa shape index (κ3) is 18.8. The number of carbonyl (C=O) groups excluding carboxylic acids is 1. The highest BCUT2D eigenvalue weighted by molar-refractivity contribution is 5.94. The maximum absolute atomic E-state index is 12.5. The molecule has 200 valence electrons. The molecular formula is C27H53N3O4. The van der Waals surface area contributed by atoms with Crippen molar-refractivity contribution in [3.8, 4) is 0 Å². The fourth-order valence-corrected chi connectivity index (χ4v) is 3.76. The summed E-state index contributed by atoms with van der Waals surface area (Å²) in [4.78, 5) is 27.5. The van der Waals surface area contributed by atoms with E-state index in [0.29, 0.717) is 45.0 Å². The van der Waals surface area contributed by atoms with Crippen molar-refractivity contribution in [3.63, 3.8) is 0 Å². The van der Waals surface area contributed by atoms with E-state index < -0.39 is 5.97 Å². The van der Waals surface area contributed by atoms with Crippen LogP contribution in [0.4, 0.5) is 0 Å². The van der Waals surface area contributed by atoms with Crippen molar-refractivity contribution in [2.24, 2.45) is 16.8 Å². The van der Waals surface area contributed by atoms with Gasteiger partial charge in [-0.3, -0.25) is 9.59 Å². The maximum atomic E-state index is 12.5. The molecule has 0 aliphatic heterocycles. The Hall–Kier alpha value is -1.63. The molecule has 7 nitrogen and oxygen atoms in total. The van der Waals surface area contributed by atoms with Crippen molar-refractivity contribution in [2.75, 3.05) is 26.8 Å². The summed E-state index contributed by atoms with van der Waals surface area (Å²) in [7, 11) is 1.71. The van der Waals surface area contributed by atoms with Gasteiger partial charge < -0.3 is 20.5 Å². The van der Waals surface area contributed by atoms with Crippen LogP contribution in [0.25, 0.3) is 0 Å². The van der Waals surface area contributed by atoms with Gasteiger partial charge in [0.2, 0.25) is 0 Å². The van der Waals surface area contributed by atoms with Gasteiger partial charge in [0, 0.05) is 20.2 Å². The smallest absolute Gasteiger partial charge is 0.306 e. The van der Waals surface area contributed by atoms with E-state index in [-0.39, 0.29) is 17.7 Å². The third-order valence-corrected chi connectivity index (χ3v) is 6.29. The third-order valence-electron chi connectivity index (χ3n) is 6.29. The highest BCUT2D eigenvalue weighted by atomic mass is 16.5. The molecule has 1 unspecified atom stereocenters. The van der Waals surface area contributed by atoms with Crippen molar-refractivity contribution < 1.29 is 19.4 Å². The molecule has 0 aromatic heterocycles. The second-order valence-corrected chi connectivity index (χ2v) is 9.43. The number of nitrogens with one attached hydrogen (secondary N) is 2. The first-order chi connectivity index (χ1) is 16.5. The molecular weight excluding hydrogens is 430 g/mol. The van der Waals surface area contributed by atoms with E-state index in [1.54, 1.807) is 14.0 Å². The minimum Gasteiger partial charge on any atom is -0.481 e. The lowest BCUT2D eigenvalue weighted by Crippen LogP contribution is -2.37. The molecule has 0 aromatic rings. The first-order valence-electron chi connectivity index (χ1n) is 13.8. The molecule has 0 bridgehead atoms. The zero-order valence-electron chi connectivity index (χ0n) is 22.5. The van der Waals surface area contributed by atoms with Crippen LogP contribution in [0.5, 0.6) is 0 Å². The van der Waals surface area contributed by atoms with Gasteiger partial charge in [0.05, 0.1) is 18.4 Å². The SMILES string of the molecule is CCCCCCCCCCCCCCOCC(CC)C(=O)/N=C(/NC)NCCC[C@H](C)C(=O)O. The van der Waals surface area contributed by atoms with Gasteiger partial charge in [-0.05, 0) is 25.7 Å². The Morgan fingerprint density at radius 1 is 0.882 bits per heavy atom. The summed E-state index contributed by atoms with van der Waals surface area (Å²) in [5, 5.41) is 14.9. The Bertz CT molecular complexity index is 540. The fourth-order valence-electron chi connectivity index (χ4n) is 3.76. The van der Waals surface area contributed by atoms with E-state index in [4.69, 9.17) is 9.84 Å². The number of carboxylic acid groups (broad SMARTS) is 1. The van der Waals surface area contributed by atoms with Gasteiger partial charge in [-0.25, -0.2) is 0 Å². The summed E-state index contributed by atoms with van der Waals surface area (Å²) in [6, 6.07) is 0.